The van der Waals surface area contributed by atoms with E-state index in [9.17, 15) is 4.39 Å². The zero-order valence-corrected chi connectivity index (χ0v) is 21.4. The third-order valence-corrected chi connectivity index (χ3v) is 6.17. The van der Waals surface area contributed by atoms with Crippen molar-refractivity contribution in [3.8, 4) is 0 Å². The number of likely N-dealkylation sites (N-methyl/N-ethyl adjacent to an activating group) is 1. The Morgan fingerprint density at radius 3 is 2.61 bits per heavy atom. The van der Waals surface area contributed by atoms with Crippen LogP contribution in [0.4, 0.5) is 4.39 Å². The summed E-state index contributed by atoms with van der Waals surface area (Å²) in [6.45, 7) is 6.69. The predicted molar refractivity (Wildman–Crippen MR) is 137 cm³/mol. The molecule has 0 saturated carbocycles. The minimum atomic E-state index is -0.198. The Balaban J connectivity index is 0.00000341. The second-order valence-corrected chi connectivity index (χ2v) is 8.40. The van der Waals surface area contributed by atoms with Crippen LogP contribution < -0.4 is 10.6 Å². The molecule has 1 aliphatic rings. The number of guanidine groups is 1. The van der Waals surface area contributed by atoms with Gasteiger partial charge in [-0.1, -0.05) is 18.2 Å². The maximum atomic E-state index is 13.0. The lowest BCUT2D eigenvalue weighted by Crippen LogP contribution is -2.47. The summed E-state index contributed by atoms with van der Waals surface area (Å²) >= 11 is 1.79. The highest BCUT2D eigenvalue weighted by atomic mass is 127. The van der Waals surface area contributed by atoms with Gasteiger partial charge >= 0.3 is 0 Å². The van der Waals surface area contributed by atoms with E-state index in [1.54, 1.807) is 18.4 Å². The molecule has 3 rings (SSSR count). The number of nitrogens with zero attached hydrogens (tertiary/aromatic N) is 3. The number of hydrogen-bond donors (Lipinski definition) is 2. The molecule has 2 aromatic rings. The van der Waals surface area contributed by atoms with Gasteiger partial charge in [0, 0.05) is 51.2 Å². The van der Waals surface area contributed by atoms with Crippen LogP contribution in [-0.2, 0) is 11.3 Å². The second-order valence-electron chi connectivity index (χ2n) is 7.42. The van der Waals surface area contributed by atoms with Crippen molar-refractivity contribution in [1.29, 1.82) is 0 Å². The Morgan fingerprint density at radius 2 is 1.97 bits per heavy atom. The van der Waals surface area contributed by atoms with Crippen molar-refractivity contribution < 1.29 is 9.13 Å². The molecule has 2 N–H and O–H groups in total. The van der Waals surface area contributed by atoms with Crippen molar-refractivity contribution in [3.05, 3.63) is 58.0 Å². The van der Waals surface area contributed by atoms with Gasteiger partial charge < -0.3 is 20.3 Å². The van der Waals surface area contributed by atoms with Gasteiger partial charge in [0.25, 0.3) is 0 Å². The van der Waals surface area contributed by atoms with Crippen LogP contribution in [0.15, 0.2) is 46.8 Å². The van der Waals surface area contributed by atoms with Crippen molar-refractivity contribution in [1.82, 2.24) is 20.4 Å². The van der Waals surface area contributed by atoms with E-state index < -0.39 is 0 Å². The Kier molecular flexibility index (Phi) is 11.7. The van der Waals surface area contributed by atoms with E-state index >= 15 is 0 Å². The number of nitrogens with one attached hydrogen (secondary N) is 2. The first-order valence-corrected chi connectivity index (χ1v) is 11.3. The summed E-state index contributed by atoms with van der Waals surface area (Å²) in [5, 5.41) is 9.02. The van der Waals surface area contributed by atoms with E-state index in [1.165, 1.54) is 17.0 Å². The summed E-state index contributed by atoms with van der Waals surface area (Å²) in [5.74, 6) is 0.607. The molecule has 9 heteroatoms. The highest BCUT2D eigenvalue weighted by Gasteiger charge is 2.23. The molecule has 1 atom stereocenters. The molecule has 1 saturated heterocycles. The van der Waals surface area contributed by atoms with Gasteiger partial charge in [-0.05, 0) is 36.2 Å². The van der Waals surface area contributed by atoms with Gasteiger partial charge in [0.2, 0.25) is 0 Å². The molecule has 0 spiro atoms. The van der Waals surface area contributed by atoms with Gasteiger partial charge in [-0.2, -0.15) is 0 Å². The normalized spacial score (nSPS) is 16.1. The van der Waals surface area contributed by atoms with Crippen LogP contribution in [0, 0.1) is 5.82 Å². The smallest absolute Gasteiger partial charge is 0.191 e. The van der Waals surface area contributed by atoms with Crippen LogP contribution in [0.3, 0.4) is 0 Å². The van der Waals surface area contributed by atoms with Crippen molar-refractivity contribution in [2.75, 3.05) is 60.0 Å². The molecule has 1 aromatic heterocycles. The summed E-state index contributed by atoms with van der Waals surface area (Å²) in [6, 6.07) is 11.3. The first-order chi connectivity index (χ1) is 14.7. The lowest BCUT2D eigenvalue weighted by atomic mass is 10.2. The molecule has 0 radical (unpaired) electrons. The monoisotopic (exact) mass is 561 g/mol. The number of hydrogen-bond acceptors (Lipinski definition) is 5. The minimum absolute atomic E-state index is 0. The van der Waals surface area contributed by atoms with E-state index in [2.05, 4.69) is 50.0 Å². The van der Waals surface area contributed by atoms with Gasteiger partial charge in [-0.15, -0.1) is 35.3 Å². The van der Waals surface area contributed by atoms with Gasteiger partial charge in [0.1, 0.15) is 5.82 Å². The molecule has 0 aliphatic carbocycles. The Bertz CT molecular complexity index is 769. The minimum Gasteiger partial charge on any atom is -0.379 e. The third-order valence-electron chi connectivity index (χ3n) is 5.20. The van der Waals surface area contributed by atoms with Crippen LogP contribution in [0.5, 0.6) is 0 Å². The Hall–Kier alpha value is -1.27. The first kappa shape index (κ1) is 26.0. The summed E-state index contributed by atoms with van der Waals surface area (Å²) in [5.41, 5.74) is 1.10. The average molecular weight is 562 g/mol. The number of ether oxygens (including phenoxy) is 1. The number of morpholine rings is 1. The van der Waals surface area contributed by atoms with E-state index in [1.807, 2.05) is 12.1 Å². The quantitative estimate of drug-likeness (QED) is 0.280. The van der Waals surface area contributed by atoms with Crippen LogP contribution in [0.1, 0.15) is 16.5 Å². The molecular formula is C22H33FIN5OS. The number of aliphatic imine (C=N–C) groups is 1. The summed E-state index contributed by atoms with van der Waals surface area (Å²) in [7, 11) is 3.86. The molecule has 1 aliphatic heterocycles. The zero-order chi connectivity index (χ0) is 21.2. The van der Waals surface area contributed by atoms with Gasteiger partial charge in [0.15, 0.2) is 5.96 Å². The van der Waals surface area contributed by atoms with Crippen molar-refractivity contribution >= 4 is 41.3 Å². The molecule has 172 valence electrons. The SMILES string of the molecule is CN=C(NCCN(C)Cc1ccc(F)cc1)NCC(c1cccs1)N1CCOCC1.I. The molecule has 1 fully saturated rings. The number of thiophene rings is 1. The highest BCUT2D eigenvalue weighted by molar-refractivity contribution is 14.0. The lowest BCUT2D eigenvalue weighted by Gasteiger charge is -2.34. The number of rotatable bonds is 9. The lowest BCUT2D eigenvalue weighted by molar-refractivity contribution is 0.0177. The molecule has 1 unspecified atom stereocenters. The Labute approximate surface area is 205 Å². The van der Waals surface area contributed by atoms with E-state index in [-0.39, 0.29) is 29.8 Å². The van der Waals surface area contributed by atoms with Crippen LogP contribution in [-0.4, -0.2) is 75.8 Å². The summed E-state index contributed by atoms with van der Waals surface area (Å²) in [6.07, 6.45) is 0. The Morgan fingerprint density at radius 1 is 1.23 bits per heavy atom. The number of halogens is 2. The van der Waals surface area contributed by atoms with Gasteiger partial charge in [-0.3, -0.25) is 9.89 Å². The average Bonchev–Trinajstić information content (AvgIpc) is 3.29. The molecule has 2 heterocycles. The highest BCUT2D eigenvalue weighted by Crippen LogP contribution is 2.25. The van der Waals surface area contributed by atoms with Crippen molar-refractivity contribution in [3.63, 3.8) is 0 Å². The molecule has 0 bridgehead atoms. The first-order valence-electron chi connectivity index (χ1n) is 10.4. The third kappa shape index (κ3) is 8.64. The maximum Gasteiger partial charge on any atom is 0.191 e. The summed E-state index contributed by atoms with van der Waals surface area (Å²) < 4.78 is 18.6. The largest absolute Gasteiger partial charge is 0.379 e. The maximum absolute atomic E-state index is 13.0. The number of benzene rings is 1. The van der Waals surface area contributed by atoms with E-state index in [0.29, 0.717) is 6.04 Å². The molecule has 1 aromatic carbocycles. The van der Waals surface area contributed by atoms with Crippen LogP contribution in [0.25, 0.3) is 0 Å². The van der Waals surface area contributed by atoms with E-state index in [0.717, 1.165) is 64.0 Å². The molecule has 0 amide bonds. The fraction of sp³-hybridized carbons (Fsp3) is 0.500. The van der Waals surface area contributed by atoms with E-state index in [4.69, 9.17) is 4.74 Å². The van der Waals surface area contributed by atoms with Crippen molar-refractivity contribution in [2.24, 2.45) is 4.99 Å². The summed E-state index contributed by atoms with van der Waals surface area (Å²) in [4.78, 5) is 10.4. The van der Waals surface area contributed by atoms with Crippen LogP contribution >= 0.6 is 35.3 Å². The standard InChI is InChI=1S/C22H32FN5OS.HI/c1-24-22(25-9-10-27(2)17-18-5-7-19(23)8-6-18)26-16-20(21-4-3-15-30-21)28-11-13-29-14-12-28;/h3-8,15,20H,9-14,16-17H2,1-2H3,(H2,24,25,26);1H. The van der Waals surface area contributed by atoms with Crippen LogP contribution in [0.2, 0.25) is 0 Å². The fourth-order valence-corrected chi connectivity index (χ4v) is 4.40. The predicted octanol–water partition coefficient (Wildman–Crippen LogP) is 3.18. The second kappa shape index (κ2) is 14.0. The van der Waals surface area contributed by atoms with Gasteiger partial charge in [-0.25, -0.2) is 4.39 Å². The molecule has 31 heavy (non-hydrogen) atoms. The molecule has 6 nitrogen and oxygen atoms in total. The van der Waals surface area contributed by atoms with Crippen molar-refractivity contribution in [2.45, 2.75) is 12.6 Å². The van der Waals surface area contributed by atoms with Gasteiger partial charge in [0.05, 0.1) is 19.3 Å². The topological polar surface area (TPSA) is 52.1 Å². The molecular weight excluding hydrogens is 528 g/mol. The fourth-order valence-electron chi connectivity index (χ4n) is 3.54. The zero-order valence-electron chi connectivity index (χ0n) is 18.2.